The number of carbonyl (C=O) groups is 1. The van der Waals surface area contributed by atoms with Crippen molar-refractivity contribution in [3.05, 3.63) is 35.6 Å². The lowest BCUT2D eigenvalue weighted by Gasteiger charge is -2.48. The average molecular weight is 379 g/mol. The first kappa shape index (κ1) is 20.0. The number of aliphatic hydroxyl groups is 1. The van der Waals surface area contributed by atoms with Crippen LogP contribution in [0.1, 0.15) is 43.8 Å². The van der Waals surface area contributed by atoms with Gasteiger partial charge in [0.1, 0.15) is 5.82 Å². The molecule has 1 aromatic rings. The van der Waals surface area contributed by atoms with Gasteiger partial charge >= 0.3 is 6.03 Å². The Kier molecular flexibility index (Phi) is 7.04. The van der Waals surface area contributed by atoms with Gasteiger partial charge in [0.2, 0.25) is 0 Å². The number of benzene rings is 1. The molecular weight excluding hydrogens is 349 g/mol. The number of halogens is 1. The highest BCUT2D eigenvalue weighted by atomic mass is 19.1. The number of nitrogens with zero attached hydrogens (tertiary/aromatic N) is 1. The lowest BCUT2D eigenvalue weighted by atomic mass is 9.80. The van der Waals surface area contributed by atoms with Gasteiger partial charge in [0, 0.05) is 31.7 Å². The molecule has 3 rings (SSSR count). The van der Waals surface area contributed by atoms with Gasteiger partial charge in [-0.1, -0.05) is 31.4 Å². The summed E-state index contributed by atoms with van der Waals surface area (Å²) in [6.07, 6.45) is 4.94. The van der Waals surface area contributed by atoms with E-state index in [1.807, 2.05) is 0 Å². The fourth-order valence-corrected chi connectivity index (χ4v) is 4.15. The number of ether oxygens (including phenoxy) is 1. The molecule has 1 unspecified atom stereocenters. The highest BCUT2D eigenvalue weighted by molar-refractivity contribution is 5.74. The molecule has 0 bridgehead atoms. The molecule has 3 N–H and O–H groups in total. The van der Waals surface area contributed by atoms with E-state index in [0.717, 1.165) is 39.1 Å². The fourth-order valence-electron chi connectivity index (χ4n) is 4.15. The van der Waals surface area contributed by atoms with Crippen LogP contribution in [0.3, 0.4) is 0 Å². The molecule has 1 saturated carbocycles. The van der Waals surface area contributed by atoms with E-state index < -0.39 is 6.10 Å². The molecule has 2 amide bonds. The number of nitrogens with one attached hydrogen (secondary N) is 2. The molecule has 1 aliphatic carbocycles. The molecule has 150 valence electrons. The van der Waals surface area contributed by atoms with Gasteiger partial charge in [-0.25, -0.2) is 9.18 Å². The maximum absolute atomic E-state index is 13.0. The molecule has 1 saturated heterocycles. The van der Waals surface area contributed by atoms with E-state index in [0.29, 0.717) is 12.1 Å². The van der Waals surface area contributed by atoms with Gasteiger partial charge in [-0.3, -0.25) is 4.90 Å². The van der Waals surface area contributed by atoms with E-state index in [1.165, 1.54) is 43.5 Å². The Labute approximate surface area is 160 Å². The molecular formula is C20H30FN3O3. The predicted octanol–water partition coefficient (Wildman–Crippen LogP) is 2.19. The van der Waals surface area contributed by atoms with Crippen molar-refractivity contribution in [2.24, 2.45) is 0 Å². The van der Waals surface area contributed by atoms with Crippen molar-refractivity contribution in [3.63, 3.8) is 0 Å². The number of morpholine rings is 1. The average Bonchev–Trinajstić information content (AvgIpc) is 2.72. The minimum atomic E-state index is -0.862. The normalized spacial score (nSPS) is 21.4. The van der Waals surface area contributed by atoms with Gasteiger partial charge in [-0.15, -0.1) is 0 Å². The highest BCUT2D eigenvalue weighted by Crippen LogP contribution is 2.33. The van der Waals surface area contributed by atoms with E-state index in [2.05, 4.69) is 15.5 Å². The minimum Gasteiger partial charge on any atom is -0.387 e. The molecule has 7 heteroatoms. The Balaban J connectivity index is 1.49. The quantitative estimate of drug-likeness (QED) is 0.708. The molecule has 6 nitrogen and oxygen atoms in total. The third kappa shape index (κ3) is 5.40. The second-order valence-electron chi connectivity index (χ2n) is 7.52. The molecule has 2 fully saturated rings. The third-order valence-corrected chi connectivity index (χ3v) is 5.75. The van der Waals surface area contributed by atoms with Crippen LogP contribution in [-0.2, 0) is 4.74 Å². The van der Waals surface area contributed by atoms with Gasteiger partial charge in [0.25, 0.3) is 0 Å². The summed E-state index contributed by atoms with van der Waals surface area (Å²) in [6.45, 7) is 4.00. The third-order valence-electron chi connectivity index (χ3n) is 5.75. The summed E-state index contributed by atoms with van der Waals surface area (Å²) in [5, 5.41) is 15.9. The standard InChI is InChI=1S/C20H30FN3O3/c21-17-6-4-16(5-7-17)18(25)14-22-19(26)23-15-20(8-2-1-3-9-20)24-10-12-27-13-11-24/h4-7,18,25H,1-3,8-15H2,(H2,22,23,26). The van der Waals surface area contributed by atoms with Gasteiger partial charge in [-0.05, 0) is 30.5 Å². The van der Waals surface area contributed by atoms with Crippen LogP contribution in [0.5, 0.6) is 0 Å². The van der Waals surface area contributed by atoms with E-state index in [4.69, 9.17) is 4.74 Å². The Morgan fingerprint density at radius 1 is 1.15 bits per heavy atom. The van der Waals surface area contributed by atoms with Gasteiger partial charge in [0.05, 0.1) is 19.3 Å². The molecule has 0 radical (unpaired) electrons. The second-order valence-corrected chi connectivity index (χ2v) is 7.52. The van der Waals surface area contributed by atoms with Crippen LogP contribution in [0.2, 0.25) is 0 Å². The molecule has 2 aliphatic rings. The number of amides is 2. The maximum Gasteiger partial charge on any atom is 0.314 e. The Morgan fingerprint density at radius 3 is 2.48 bits per heavy atom. The summed E-state index contributed by atoms with van der Waals surface area (Å²) in [7, 11) is 0. The number of urea groups is 1. The Morgan fingerprint density at radius 2 is 1.81 bits per heavy atom. The van der Waals surface area contributed by atoms with Crippen molar-refractivity contribution in [1.29, 1.82) is 0 Å². The lowest BCUT2D eigenvalue weighted by molar-refractivity contribution is -0.0357. The first-order valence-electron chi connectivity index (χ1n) is 9.87. The number of rotatable bonds is 6. The van der Waals surface area contributed by atoms with Crippen molar-refractivity contribution in [3.8, 4) is 0 Å². The smallest absolute Gasteiger partial charge is 0.314 e. The Bertz CT molecular complexity index is 599. The molecule has 0 aromatic heterocycles. The first-order valence-corrected chi connectivity index (χ1v) is 9.87. The van der Waals surface area contributed by atoms with E-state index in [1.54, 1.807) is 0 Å². The molecule has 1 heterocycles. The number of hydrogen-bond acceptors (Lipinski definition) is 4. The summed E-state index contributed by atoms with van der Waals surface area (Å²) in [5.41, 5.74) is 0.586. The number of aliphatic hydroxyl groups excluding tert-OH is 1. The van der Waals surface area contributed by atoms with Crippen LogP contribution in [0, 0.1) is 5.82 Å². The molecule has 0 spiro atoms. The largest absolute Gasteiger partial charge is 0.387 e. The minimum absolute atomic E-state index is 0.00887. The highest BCUT2D eigenvalue weighted by Gasteiger charge is 2.38. The van der Waals surface area contributed by atoms with Crippen molar-refractivity contribution >= 4 is 6.03 Å². The van der Waals surface area contributed by atoms with Crippen LogP contribution < -0.4 is 10.6 Å². The monoisotopic (exact) mass is 379 g/mol. The maximum atomic E-state index is 13.0. The van der Waals surface area contributed by atoms with E-state index in [-0.39, 0.29) is 23.9 Å². The number of carbonyl (C=O) groups excluding carboxylic acids is 1. The topological polar surface area (TPSA) is 73.8 Å². The molecule has 1 atom stereocenters. The zero-order chi connectivity index (χ0) is 19.1. The van der Waals surface area contributed by atoms with Crippen LogP contribution >= 0.6 is 0 Å². The summed E-state index contributed by atoms with van der Waals surface area (Å²) in [5.74, 6) is -0.349. The van der Waals surface area contributed by atoms with Gasteiger partial charge in [0.15, 0.2) is 0 Å². The first-order chi connectivity index (χ1) is 13.1. The van der Waals surface area contributed by atoms with Crippen LogP contribution in [0.4, 0.5) is 9.18 Å². The van der Waals surface area contributed by atoms with Crippen molar-refractivity contribution in [2.45, 2.75) is 43.7 Å². The lowest BCUT2D eigenvalue weighted by Crippen LogP contribution is -2.60. The van der Waals surface area contributed by atoms with Crippen molar-refractivity contribution in [1.82, 2.24) is 15.5 Å². The summed E-state index contributed by atoms with van der Waals surface area (Å²) >= 11 is 0. The summed E-state index contributed by atoms with van der Waals surface area (Å²) in [6, 6.07) is 5.36. The Hall–Kier alpha value is -1.70. The van der Waals surface area contributed by atoms with Crippen LogP contribution in [0.15, 0.2) is 24.3 Å². The van der Waals surface area contributed by atoms with Crippen molar-refractivity contribution in [2.75, 3.05) is 39.4 Å². The fraction of sp³-hybridized carbons (Fsp3) is 0.650. The van der Waals surface area contributed by atoms with Crippen molar-refractivity contribution < 1.29 is 19.0 Å². The summed E-state index contributed by atoms with van der Waals surface area (Å²) in [4.78, 5) is 14.7. The molecule has 1 aliphatic heterocycles. The molecule has 1 aromatic carbocycles. The predicted molar refractivity (Wildman–Crippen MR) is 101 cm³/mol. The van der Waals surface area contributed by atoms with Gasteiger partial charge < -0.3 is 20.5 Å². The number of hydrogen-bond donors (Lipinski definition) is 3. The summed E-state index contributed by atoms with van der Waals surface area (Å²) < 4.78 is 18.4. The van der Waals surface area contributed by atoms with E-state index >= 15 is 0 Å². The SMILES string of the molecule is O=C(NCC(O)c1ccc(F)cc1)NCC1(N2CCOCC2)CCCCC1. The van der Waals surface area contributed by atoms with Gasteiger partial charge in [-0.2, -0.15) is 0 Å². The second kappa shape index (κ2) is 9.48. The zero-order valence-electron chi connectivity index (χ0n) is 15.8. The zero-order valence-corrected chi connectivity index (χ0v) is 15.8. The van der Waals surface area contributed by atoms with E-state index in [9.17, 15) is 14.3 Å². The van der Waals surface area contributed by atoms with Crippen LogP contribution in [0.25, 0.3) is 0 Å². The molecule has 27 heavy (non-hydrogen) atoms. The van der Waals surface area contributed by atoms with Crippen LogP contribution in [-0.4, -0.2) is 61.0 Å².